The Balaban J connectivity index is 1.64. The van der Waals surface area contributed by atoms with Crippen LogP contribution >= 0.6 is 0 Å². The number of hydrogen-bond donors (Lipinski definition) is 1. The molecule has 1 aliphatic heterocycles. The molecule has 160 valence electrons. The van der Waals surface area contributed by atoms with Gasteiger partial charge in [0.15, 0.2) is 0 Å². The first kappa shape index (κ1) is 21.9. The highest BCUT2D eigenvalue weighted by atomic mass is 16.5. The van der Waals surface area contributed by atoms with Crippen molar-refractivity contribution in [3.63, 3.8) is 0 Å². The van der Waals surface area contributed by atoms with Gasteiger partial charge in [0.2, 0.25) is 0 Å². The second kappa shape index (κ2) is 11.4. The molecular formula is C25H32N2O3. The van der Waals surface area contributed by atoms with Crippen molar-refractivity contribution in [2.24, 2.45) is 0 Å². The Morgan fingerprint density at radius 3 is 2.57 bits per heavy atom. The maximum absolute atomic E-state index is 12.9. The maximum atomic E-state index is 12.9. The summed E-state index contributed by atoms with van der Waals surface area (Å²) in [6.07, 6.45) is 7.76. The number of hydrogen-bond acceptors (Lipinski definition) is 3. The molecule has 2 aromatic rings. The summed E-state index contributed by atoms with van der Waals surface area (Å²) in [6, 6.07) is 14.5. The molecule has 1 fully saturated rings. The third kappa shape index (κ3) is 6.09. The highest BCUT2D eigenvalue weighted by molar-refractivity contribution is 6.06. The van der Waals surface area contributed by atoms with Gasteiger partial charge in [-0.25, -0.2) is 0 Å². The molecule has 0 aliphatic carbocycles. The highest BCUT2D eigenvalue weighted by Gasteiger charge is 2.19. The molecule has 2 amide bonds. The van der Waals surface area contributed by atoms with Gasteiger partial charge in [-0.15, -0.1) is 0 Å². The van der Waals surface area contributed by atoms with E-state index < -0.39 is 0 Å². The molecule has 1 heterocycles. The first-order valence-corrected chi connectivity index (χ1v) is 11.1. The summed E-state index contributed by atoms with van der Waals surface area (Å²) >= 11 is 0. The fraction of sp³-hybridized carbons (Fsp3) is 0.440. The van der Waals surface area contributed by atoms with Crippen LogP contribution in [0.25, 0.3) is 0 Å². The average molecular weight is 409 g/mol. The number of carbonyl (C=O) groups excluding carboxylic acids is 2. The van der Waals surface area contributed by atoms with Gasteiger partial charge in [-0.1, -0.05) is 44.4 Å². The number of anilines is 1. The van der Waals surface area contributed by atoms with Crippen LogP contribution in [0.15, 0.2) is 48.5 Å². The van der Waals surface area contributed by atoms with E-state index >= 15 is 0 Å². The summed E-state index contributed by atoms with van der Waals surface area (Å²) in [6.45, 7) is 4.39. The predicted octanol–water partition coefficient (Wildman–Crippen LogP) is 5.52. The Bertz CT molecular complexity index is 844. The molecule has 5 nitrogen and oxygen atoms in total. The van der Waals surface area contributed by atoms with Gasteiger partial charge < -0.3 is 15.0 Å². The minimum Gasteiger partial charge on any atom is -0.493 e. The van der Waals surface area contributed by atoms with Gasteiger partial charge >= 0.3 is 0 Å². The van der Waals surface area contributed by atoms with Gasteiger partial charge in [0.1, 0.15) is 5.75 Å². The van der Waals surface area contributed by atoms with Crippen molar-refractivity contribution in [1.82, 2.24) is 4.90 Å². The fourth-order valence-electron chi connectivity index (χ4n) is 3.70. The lowest BCUT2D eigenvalue weighted by Gasteiger charge is -2.26. The largest absolute Gasteiger partial charge is 0.493 e. The molecule has 1 N–H and O–H groups in total. The van der Waals surface area contributed by atoms with Crippen molar-refractivity contribution in [3.05, 3.63) is 59.7 Å². The van der Waals surface area contributed by atoms with E-state index in [0.717, 1.165) is 38.8 Å². The molecular weight excluding hydrogens is 376 g/mol. The van der Waals surface area contributed by atoms with Crippen LogP contribution in [0.1, 0.15) is 72.6 Å². The lowest BCUT2D eigenvalue weighted by molar-refractivity contribution is 0.0724. The van der Waals surface area contributed by atoms with Crippen molar-refractivity contribution < 1.29 is 14.3 Å². The van der Waals surface area contributed by atoms with E-state index in [-0.39, 0.29) is 11.8 Å². The summed E-state index contributed by atoms with van der Waals surface area (Å²) < 4.78 is 5.86. The Labute approximate surface area is 179 Å². The number of benzene rings is 2. The highest BCUT2D eigenvalue weighted by Crippen LogP contribution is 2.21. The second-order valence-corrected chi connectivity index (χ2v) is 7.79. The van der Waals surface area contributed by atoms with E-state index in [1.165, 1.54) is 19.3 Å². The smallest absolute Gasteiger partial charge is 0.259 e. The minimum absolute atomic E-state index is 0.0293. The topological polar surface area (TPSA) is 58.6 Å². The van der Waals surface area contributed by atoms with Crippen LogP contribution in [0.4, 0.5) is 5.69 Å². The summed E-state index contributed by atoms with van der Waals surface area (Å²) in [5.74, 6) is 0.385. The second-order valence-electron chi connectivity index (χ2n) is 7.79. The summed E-state index contributed by atoms with van der Waals surface area (Å²) in [5, 5.41) is 2.92. The van der Waals surface area contributed by atoms with E-state index in [9.17, 15) is 9.59 Å². The molecule has 0 radical (unpaired) electrons. The van der Waals surface area contributed by atoms with Crippen LogP contribution in [0.2, 0.25) is 0 Å². The molecule has 0 saturated carbocycles. The van der Waals surface area contributed by atoms with E-state index in [4.69, 9.17) is 4.74 Å². The minimum atomic E-state index is -0.235. The van der Waals surface area contributed by atoms with Crippen LogP contribution in [0.3, 0.4) is 0 Å². The third-order valence-electron chi connectivity index (χ3n) is 5.40. The molecule has 5 heteroatoms. The SMILES string of the molecule is CCCCCCOc1ccccc1C(=O)Nc1cccc(C(=O)N2CCCCC2)c1. The number of unbranched alkanes of at least 4 members (excludes halogenated alkanes) is 3. The molecule has 0 aromatic heterocycles. The number of amides is 2. The monoisotopic (exact) mass is 408 g/mol. The molecule has 3 rings (SSSR count). The van der Waals surface area contributed by atoms with E-state index in [0.29, 0.717) is 29.2 Å². The van der Waals surface area contributed by atoms with E-state index in [1.54, 1.807) is 24.3 Å². The zero-order valence-corrected chi connectivity index (χ0v) is 17.9. The number of piperidine rings is 1. The Kier molecular flexibility index (Phi) is 8.30. The van der Waals surface area contributed by atoms with Crippen LogP contribution < -0.4 is 10.1 Å². The first-order chi connectivity index (χ1) is 14.7. The number of likely N-dealkylation sites (tertiary alicyclic amines) is 1. The number of rotatable bonds is 9. The quantitative estimate of drug-likeness (QED) is 0.556. The number of para-hydroxylation sites is 1. The number of nitrogens with zero attached hydrogens (tertiary/aromatic N) is 1. The molecule has 30 heavy (non-hydrogen) atoms. The molecule has 2 aromatic carbocycles. The summed E-state index contributed by atoms with van der Waals surface area (Å²) in [7, 11) is 0. The molecule has 1 aliphatic rings. The number of ether oxygens (including phenoxy) is 1. The molecule has 0 atom stereocenters. The molecule has 0 bridgehead atoms. The fourth-order valence-corrected chi connectivity index (χ4v) is 3.70. The zero-order chi connectivity index (χ0) is 21.2. The Morgan fingerprint density at radius 2 is 1.77 bits per heavy atom. The van der Waals surface area contributed by atoms with Crippen molar-refractivity contribution >= 4 is 17.5 Å². The maximum Gasteiger partial charge on any atom is 0.259 e. The van der Waals surface area contributed by atoms with Crippen molar-refractivity contribution in [3.8, 4) is 5.75 Å². The van der Waals surface area contributed by atoms with Crippen molar-refractivity contribution in [2.75, 3.05) is 25.0 Å². The van der Waals surface area contributed by atoms with Gasteiger partial charge in [0.25, 0.3) is 11.8 Å². The van der Waals surface area contributed by atoms with Crippen LogP contribution in [-0.2, 0) is 0 Å². The Morgan fingerprint density at radius 1 is 0.967 bits per heavy atom. The van der Waals surface area contributed by atoms with Gasteiger partial charge in [0.05, 0.1) is 12.2 Å². The standard InChI is InChI=1S/C25H32N2O3/c1-2-3-4-10-18-30-23-15-7-6-14-22(23)24(28)26-21-13-11-12-20(19-21)25(29)27-16-8-5-9-17-27/h6-7,11-15,19H,2-5,8-10,16-18H2,1H3,(H,26,28). The van der Waals surface area contributed by atoms with Crippen LogP contribution in [0, 0.1) is 0 Å². The van der Waals surface area contributed by atoms with Crippen LogP contribution in [-0.4, -0.2) is 36.4 Å². The normalized spacial score (nSPS) is 13.7. The van der Waals surface area contributed by atoms with Crippen molar-refractivity contribution in [1.29, 1.82) is 0 Å². The van der Waals surface area contributed by atoms with Gasteiger partial charge in [-0.2, -0.15) is 0 Å². The third-order valence-corrected chi connectivity index (χ3v) is 5.40. The van der Waals surface area contributed by atoms with Crippen LogP contribution in [0.5, 0.6) is 5.75 Å². The van der Waals surface area contributed by atoms with Gasteiger partial charge in [0, 0.05) is 24.3 Å². The lowest BCUT2D eigenvalue weighted by Crippen LogP contribution is -2.35. The zero-order valence-electron chi connectivity index (χ0n) is 17.9. The number of nitrogens with one attached hydrogen (secondary N) is 1. The molecule has 0 spiro atoms. The van der Waals surface area contributed by atoms with Gasteiger partial charge in [-0.05, 0) is 56.0 Å². The lowest BCUT2D eigenvalue weighted by atomic mass is 10.1. The average Bonchev–Trinajstić information content (AvgIpc) is 2.79. The van der Waals surface area contributed by atoms with E-state index in [2.05, 4.69) is 12.2 Å². The molecule has 0 unspecified atom stereocenters. The number of carbonyl (C=O) groups is 2. The van der Waals surface area contributed by atoms with E-state index in [1.807, 2.05) is 29.2 Å². The van der Waals surface area contributed by atoms with Crippen molar-refractivity contribution in [2.45, 2.75) is 51.9 Å². The predicted molar refractivity (Wildman–Crippen MR) is 120 cm³/mol. The Hall–Kier alpha value is -2.82. The summed E-state index contributed by atoms with van der Waals surface area (Å²) in [4.78, 5) is 27.5. The molecule has 1 saturated heterocycles. The van der Waals surface area contributed by atoms with Gasteiger partial charge in [-0.3, -0.25) is 9.59 Å². The first-order valence-electron chi connectivity index (χ1n) is 11.1. The summed E-state index contributed by atoms with van der Waals surface area (Å²) in [5.41, 5.74) is 1.72.